The van der Waals surface area contributed by atoms with Crippen LogP contribution in [0.1, 0.15) is 16.8 Å². The van der Waals surface area contributed by atoms with Gasteiger partial charge >= 0.3 is 5.97 Å². The van der Waals surface area contributed by atoms with Crippen molar-refractivity contribution in [3.05, 3.63) is 58.1 Å². The number of hydrogen-bond acceptors (Lipinski definition) is 7. The monoisotopic (exact) mass is 371 g/mol. The average Bonchev–Trinajstić information content (AvgIpc) is 2.90. The van der Waals surface area contributed by atoms with Crippen LogP contribution in [0.15, 0.2) is 42.5 Å². The van der Waals surface area contributed by atoms with Crippen LogP contribution in [-0.2, 0) is 9.59 Å². The summed E-state index contributed by atoms with van der Waals surface area (Å²) in [6.45, 7) is 0. The summed E-state index contributed by atoms with van der Waals surface area (Å²) >= 11 is 0. The SMILES string of the molecule is O=C(O)c1ccc(N2C(=O)CC(Nc3ccc([N+](=O)[O-])cc3O)C2=O)cc1. The lowest BCUT2D eigenvalue weighted by molar-refractivity contribution is -0.384. The molecule has 0 saturated carbocycles. The van der Waals surface area contributed by atoms with Crippen molar-refractivity contribution in [2.24, 2.45) is 0 Å². The molecule has 27 heavy (non-hydrogen) atoms. The van der Waals surface area contributed by atoms with Crippen molar-refractivity contribution >= 4 is 34.8 Å². The van der Waals surface area contributed by atoms with Crippen LogP contribution in [0.5, 0.6) is 5.75 Å². The van der Waals surface area contributed by atoms with Crippen LogP contribution in [-0.4, -0.2) is 39.0 Å². The van der Waals surface area contributed by atoms with Crippen LogP contribution in [0.4, 0.5) is 17.1 Å². The number of anilines is 2. The molecular formula is C17H13N3O7. The highest BCUT2D eigenvalue weighted by Gasteiger charge is 2.40. The Bertz CT molecular complexity index is 955. The smallest absolute Gasteiger partial charge is 0.335 e. The first-order valence-electron chi connectivity index (χ1n) is 7.72. The van der Waals surface area contributed by atoms with E-state index in [0.717, 1.165) is 17.0 Å². The minimum atomic E-state index is -1.13. The summed E-state index contributed by atoms with van der Waals surface area (Å²) in [5.74, 6) is -2.63. The number of benzene rings is 2. The summed E-state index contributed by atoms with van der Waals surface area (Å²) in [5, 5.41) is 32.2. The van der Waals surface area contributed by atoms with Crippen LogP contribution in [0, 0.1) is 10.1 Å². The molecule has 2 aromatic rings. The Morgan fingerprint density at radius 3 is 2.41 bits per heavy atom. The summed E-state index contributed by atoms with van der Waals surface area (Å²) in [5.41, 5.74) is 0.0115. The number of aromatic carboxylic acids is 1. The van der Waals surface area contributed by atoms with Crippen molar-refractivity contribution in [1.29, 1.82) is 0 Å². The van der Waals surface area contributed by atoms with Crippen molar-refractivity contribution in [1.82, 2.24) is 0 Å². The third-order valence-corrected chi connectivity index (χ3v) is 4.04. The van der Waals surface area contributed by atoms with Gasteiger partial charge in [-0.2, -0.15) is 0 Å². The summed E-state index contributed by atoms with van der Waals surface area (Å²) < 4.78 is 0. The fraction of sp³-hybridized carbons (Fsp3) is 0.118. The van der Waals surface area contributed by atoms with Crippen LogP contribution in [0.2, 0.25) is 0 Å². The van der Waals surface area contributed by atoms with Crippen LogP contribution in [0.25, 0.3) is 0 Å². The van der Waals surface area contributed by atoms with E-state index in [0.29, 0.717) is 0 Å². The van der Waals surface area contributed by atoms with Crippen molar-refractivity contribution in [3.8, 4) is 5.75 Å². The normalized spacial score (nSPS) is 16.4. The number of phenolic OH excluding ortho intramolecular Hbond substituents is 1. The van der Waals surface area contributed by atoms with Gasteiger partial charge in [0.1, 0.15) is 11.8 Å². The Hall–Kier alpha value is -3.95. The van der Waals surface area contributed by atoms with Gasteiger partial charge in [-0.05, 0) is 30.3 Å². The molecule has 0 spiro atoms. The van der Waals surface area contributed by atoms with Crippen molar-refractivity contribution in [2.75, 3.05) is 10.2 Å². The predicted molar refractivity (Wildman–Crippen MR) is 92.7 cm³/mol. The van der Waals surface area contributed by atoms with Gasteiger partial charge in [0.05, 0.1) is 34.3 Å². The molecule has 2 amide bonds. The van der Waals surface area contributed by atoms with E-state index in [1.807, 2.05) is 0 Å². The third-order valence-electron chi connectivity index (χ3n) is 4.04. The molecule has 10 nitrogen and oxygen atoms in total. The minimum Gasteiger partial charge on any atom is -0.506 e. The summed E-state index contributed by atoms with van der Waals surface area (Å²) in [7, 11) is 0. The van der Waals surface area contributed by atoms with Gasteiger partial charge in [0, 0.05) is 6.07 Å². The number of carbonyl (C=O) groups is 3. The highest BCUT2D eigenvalue weighted by atomic mass is 16.6. The molecule has 1 aliphatic heterocycles. The maximum absolute atomic E-state index is 12.6. The third kappa shape index (κ3) is 3.40. The Morgan fingerprint density at radius 1 is 1.19 bits per heavy atom. The quantitative estimate of drug-likeness (QED) is 0.311. The number of carboxylic acid groups (broad SMARTS) is 1. The van der Waals surface area contributed by atoms with Crippen molar-refractivity contribution in [2.45, 2.75) is 12.5 Å². The molecule has 1 heterocycles. The molecule has 3 rings (SSSR count). The lowest BCUT2D eigenvalue weighted by Gasteiger charge is -2.16. The fourth-order valence-electron chi connectivity index (χ4n) is 2.71. The first kappa shape index (κ1) is 17.9. The van der Waals surface area contributed by atoms with Gasteiger partial charge in [-0.3, -0.25) is 19.7 Å². The first-order valence-corrected chi connectivity index (χ1v) is 7.72. The van der Waals surface area contributed by atoms with E-state index in [2.05, 4.69) is 5.32 Å². The highest BCUT2D eigenvalue weighted by Crippen LogP contribution is 2.31. The second-order valence-corrected chi connectivity index (χ2v) is 5.78. The number of aromatic hydroxyl groups is 1. The Balaban J connectivity index is 1.80. The molecule has 3 N–H and O–H groups in total. The molecule has 1 saturated heterocycles. The van der Waals surface area contributed by atoms with Gasteiger partial charge in [-0.15, -0.1) is 0 Å². The largest absolute Gasteiger partial charge is 0.506 e. The summed E-state index contributed by atoms with van der Waals surface area (Å²) in [6, 6.07) is 7.63. The van der Waals surface area contributed by atoms with E-state index in [4.69, 9.17) is 5.11 Å². The standard InChI is InChI=1S/C17H13N3O7/c21-14-7-11(20(26)27)5-6-12(14)18-13-8-15(22)19(16(13)23)10-3-1-9(2-4-10)17(24)25/h1-7,13,18,21H,8H2,(H,24,25). The molecule has 1 aliphatic rings. The molecule has 0 aliphatic carbocycles. The summed E-state index contributed by atoms with van der Waals surface area (Å²) in [6.07, 6.45) is -0.185. The van der Waals surface area contributed by atoms with Crippen LogP contribution >= 0.6 is 0 Å². The van der Waals surface area contributed by atoms with E-state index in [-0.39, 0.29) is 29.0 Å². The Kier molecular flexibility index (Phi) is 4.46. The molecule has 10 heteroatoms. The van der Waals surface area contributed by atoms with Crippen LogP contribution in [0.3, 0.4) is 0 Å². The van der Waals surface area contributed by atoms with Gasteiger partial charge < -0.3 is 15.5 Å². The topological polar surface area (TPSA) is 150 Å². The number of hydrogen-bond donors (Lipinski definition) is 3. The Labute approximate surface area is 151 Å². The van der Waals surface area contributed by atoms with E-state index < -0.39 is 34.5 Å². The maximum atomic E-state index is 12.6. The fourth-order valence-corrected chi connectivity index (χ4v) is 2.71. The van der Waals surface area contributed by atoms with Crippen molar-refractivity contribution in [3.63, 3.8) is 0 Å². The van der Waals surface area contributed by atoms with E-state index in [1.54, 1.807) is 0 Å². The molecule has 1 unspecified atom stereocenters. The van der Waals surface area contributed by atoms with Gasteiger partial charge in [0.15, 0.2) is 0 Å². The zero-order chi connectivity index (χ0) is 19.7. The molecule has 0 radical (unpaired) electrons. The zero-order valence-electron chi connectivity index (χ0n) is 13.7. The maximum Gasteiger partial charge on any atom is 0.335 e. The number of non-ortho nitro benzene ring substituents is 1. The van der Waals surface area contributed by atoms with Crippen LogP contribution < -0.4 is 10.2 Å². The lowest BCUT2D eigenvalue weighted by Crippen LogP contribution is -2.34. The zero-order valence-corrected chi connectivity index (χ0v) is 13.7. The highest BCUT2D eigenvalue weighted by molar-refractivity contribution is 6.23. The molecular weight excluding hydrogens is 358 g/mol. The molecule has 2 aromatic carbocycles. The van der Waals surface area contributed by atoms with Crippen molar-refractivity contribution < 1.29 is 29.5 Å². The second-order valence-electron chi connectivity index (χ2n) is 5.78. The molecule has 0 bridgehead atoms. The molecule has 0 aromatic heterocycles. The van der Waals surface area contributed by atoms with Gasteiger partial charge in [0.2, 0.25) is 5.91 Å². The number of nitro groups is 1. The summed E-state index contributed by atoms with van der Waals surface area (Å²) in [4.78, 5) is 46.6. The number of phenols is 1. The number of carboxylic acids is 1. The van der Waals surface area contributed by atoms with E-state index in [1.165, 1.54) is 30.3 Å². The number of imide groups is 1. The minimum absolute atomic E-state index is 0.0170. The van der Waals surface area contributed by atoms with E-state index >= 15 is 0 Å². The Morgan fingerprint density at radius 2 is 1.85 bits per heavy atom. The second kappa shape index (κ2) is 6.75. The van der Waals surface area contributed by atoms with Gasteiger partial charge in [-0.25, -0.2) is 9.69 Å². The number of nitrogens with one attached hydrogen (secondary N) is 1. The van der Waals surface area contributed by atoms with Gasteiger partial charge in [0.25, 0.3) is 11.6 Å². The molecule has 138 valence electrons. The number of nitrogens with zero attached hydrogens (tertiary/aromatic N) is 2. The first-order chi connectivity index (χ1) is 12.8. The predicted octanol–water partition coefficient (Wildman–Crippen LogP) is 1.74. The number of nitro benzene ring substituents is 1. The van der Waals surface area contributed by atoms with Gasteiger partial charge in [-0.1, -0.05) is 0 Å². The lowest BCUT2D eigenvalue weighted by atomic mass is 10.2. The average molecular weight is 371 g/mol. The number of amides is 2. The van der Waals surface area contributed by atoms with E-state index in [9.17, 15) is 29.6 Å². The number of carbonyl (C=O) groups excluding carboxylic acids is 2. The number of rotatable bonds is 5. The molecule has 1 atom stereocenters. The molecule has 1 fully saturated rings.